The summed E-state index contributed by atoms with van der Waals surface area (Å²) >= 11 is 10.8. The van der Waals surface area contributed by atoms with Gasteiger partial charge in [0, 0.05) is 32.0 Å². The van der Waals surface area contributed by atoms with Crippen molar-refractivity contribution in [3.63, 3.8) is 0 Å². The molecule has 0 spiro atoms. The van der Waals surface area contributed by atoms with E-state index in [-0.39, 0.29) is 29.4 Å². The second-order valence-corrected chi connectivity index (χ2v) is 15.2. The molecule has 1 amide bonds. The van der Waals surface area contributed by atoms with Crippen LogP contribution in [0.1, 0.15) is 55.2 Å². The van der Waals surface area contributed by atoms with Crippen LogP contribution in [0.2, 0.25) is 0 Å². The molecule has 2 atom stereocenters. The molecule has 2 aromatic carbocycles. The molecule has 288 valence electrons. The molecule has 55 heavy (non-hydrogen) atoms. The second-order valence-electron chi connectivity index (χ2n) is 14.4. The van der Waals surface area contributed by atoms with Crippen molar-refractivity contribution in [3.8, 4) is 0 Å². The van der Waals surface area contributed by atoms with Crippen LogP contribution in [0, 0.1) is 9.54 Å². The van der Waals surface area contributed by atoms with E-state index in [2.05, 4.69) is 37.4 Å². The van der Waals surface area contributed by atoms with Crippen LogP contribution in [0.15, 0.2) is 82.6 Å². The average Bonchev–Trinajstić information content (AvgIpc) is 3.87. The number of carbonyl (C=O) groups excluding carboxylic acids is 1. The quantitative estimate of drug-likeness (QED) is 0.131. The number of fused-ring (bicyclic) bond motifs is 2. The molecule has 4 aromatic heterocycles. The van der Waals surface area contributed by atoms with E-state index >= 15 is 0 Å². The molecule has 2 saturated heterocycles. The van der Waals surface area contributed by atoms with Crippen molar-refractivity contribution in [1.82, 2.24) is 39.3 Å². The molecule has 0 aliphatic carbocycles. The number of nitrogens with one attached hydrogen (secondary N) is 5. The summed E-state index contributed by atoms with van der Waals surface area (Å²) in [6.45, 7) is 10.3. The predicted molar refractivity (Wildman–Crippen MR) is 215 cm³/mol. The molecule has 2 unspecified atom stereocenters. The van der Waals surface area contributed by atoms with Crippen molar-refractivity contribution in [1.29, 1.82) is 0 Å². The standard InChI is InChI=1S/C22H26N4O4S.C17H18N4O2S/c1-22(2,3)30-21(28)25-10-11-29-17(13-25)15-7-5-4-6-14(15)12-26-16-8-9-23-18(16)19(27)24-20(26)31;22-16-15-13(5-6-19-15)21(17(24)20-16)10-11-3-1-2-4-12(11)14-9-18-7-8-23-14/h4-9,17,23H,10-13H2,1-3H3,(H,24,27,31);1-6,14,18-19H,7-10H2,(H,20,22,24). The zero-order chi connectivity index (χ0) is 38.7. The SMILES string of the molecule is CC(C)(C)OC(=O)N1CCOC(c2ccccc2Cn2c(=S)[nH]c(=O)c3[nH]ccc32)C1.O=c1[nH]c(=S)n(Cc2ccccc2C2CNCCO2)c2cc[nH]c12. The van der Waals surface area contributed by atoms with Crippen LogP contribution in [0.3, 0.4) is 0 Å². The maximum absolute atomic E-state index is 12.6. The van der Waals surface area contributed by atoms with Crippen LogP contribution >= 0.6 is 24.4 Å². The molecular formula is C39H44N8O6S2. The molecule has 2 aliphatic rings. The van der Waals surface area contributed by atoms with Gasteiger partial charge in [-0.25, -0.2) is 4.79 Å². The number of hydrogen-bond donors (Lipinski definition) is 5. The third kappa shape index (κ3) is 8.58. The molecular weight excluding hydrogens is 741 g/mol. The first-order chi connectivity index (χ1) is 26.5. The maximum atomic E-state index is 12.6. The summed E-state index contributed by atoms with van der Waals surface area (Å²) in [6.07, 6.45) is 2.89. The van der Waals surface area contributed by atoms with E-state index in [0.29, 0.717) is 60.0 Å². The van der Waals surface area contributed by atoms with Gasteiger partial charge >= 0.3 is 6.09 Å². The first-order valence-corrected chi connectivity index (χ1v) is 19.0. The average molecular weight is 785 g/mol. The number of nitrogens with zero attached hydrogens (tertiary/aromatic N) is 3. The Kier molecular flexibility index (Phi) is 11.3. The predicted octanol–water partition coefficient (Wildman–Crippen LogP) is 5.84. The Hall–Kier alpha value is -5.13. The van der Waals surface area contributed by atoms with Gasteiger partial charge in [0.25, 0.3) is 11.1 Å². The van der Waals surface area contributed by atoms with E-state index in [9.17, 15) is 14.4 Å². The molecule has 0 saturated carbocycles. The molecule has 0 radical (unpaired) electrons. The minimum atomic E-state index is -0.550. The zero-order valence-corrected chi connectivity index (χ0v) is 32.5. The van der Waals surface area contributed by atoms with Gasteiger partial charge < -0.3 is 43.5 Å². The highest BCUT2D eigenvalue weighted by molar-refractivity contribution is 7.71. The first-order valence-electron chi connectivity index (χ1n) is 18.1. The Morgan fingerprint density at radius 1 is 0.782 bits per heavy atom. The summed E-state index contributed by atoms with van der Waals surface area (Å²) in [7, 11) is 0. The Morgan fingerprint density at radius 2 is 1.31 bits per heavy atom. The number of amides is 1. The molecule has 6 heterocycles. The van der Waals surface area contributed by atoms with Crippen LogP contribution in [-0.4, -0.2) is 85.1 Å². The Labute approximate surface area is 326 Å². The van der Waals surface area contributed by atoms with Crippen LogP contribution < -0.4 is 16.4 Å². The molecule has 8 rings (SSSR count). The molecule has 0 bridgehead atoms. The lowest BCUT2D eigenvalue weighted by atomic mass is 10.0. The molecule has 2 aliphatic heterocycles. The van der Waals surface area contributed by atoms with Gasteiger partial charge in [0.1, 0.15) is 22.7 Å². The van der Waals surface area contributed by atoms with Crippen molar-refractivity contribution in [2.24, 2.45) is 0 Å². The van der Waals surface area contributed by atoms with Gasteiger partial charge in [-0.1, -0.05) is 48.5 Å². The minimum absolute atomic E-state index is 0.0357. The van der Waals surface area contributed by atoms with Crippen LogP contribution in [-0.2, 0) is 27.3 Å². The molecule has 14 nitrogen and oxygen atoms in total. The van der Waals surface area contributed by atoms with E-state index in [1.807, 2.05) is 78.4 Å². The molecule has 5 N–H and O–H groups in total. The Balaban J connectivity index is 0.000000174. The molecule has 16 heteroatoms. The first kappa shape index (κ1) is 38.2. The number of rotatable bonds is 6. The fraction of sp³-hybridized carbons (Fsp3) is 0.359. The fourth-order valence-corrected chi connectivity index (χ4v) is 7.45. The summed E-state index contributed by atoms with van der Waals surface area (Å²) in [4.78, 5) is 49.8. The highest BCUT2D eigenvalue weighted by Crippen LogP contribution is 2.28. The lowest BCUT2D eigenvalue weighted by molar-refractivity contribution is -0.0435. The van der Waals surface area contributed by atoms with Crippen LogP contribution in [0.5, 0.6) is 0 Å². The van der Waals surface area contributed by atoms with Gasteiger partial charge in [-0.3, -0.25) is 19.6 Å². The zero-order valence-electron chi connectivity index (χ0n) is 30.8. The number of H-pyrrole nitrogens is 4. The van der Waals surface area contributed by atoms with Crippen molar-refractivity contribution in [2.75, 3.05) is 39.4 Å². The van der Waals surface area contributed by atoms with E-state index < -0.39 is 5.60 Å². The maximum Gasteiger partial charge on any atom is 0.410 e. The number of aromatic amines is 4. The monoisotopic (exact) mass is 784 g/mol. The minimum Gasteiger partial charge on any atom is -0.444 e. The van der Waals surface area contributed by atoms with Gasteiger partial charge in [-0.2, -0.15) is 0 Å². The summed E-state index contributed by atoms with van der Waals surface area (Å²) in [5.41, 5.74) is 5.86. The van der Waals surface area contributed by atoms with E-state index in [4.69, 9.17) is 38.6 Å². The summed E-state index contributed by atoms with van der Waals surface area (Å²) < 4.78 is 22.1. The van der Waals surface area contributed by atoms with Crippen LogP contribution in [0.25, 0.3) is 22.1 Å². The number of hydrogen-bond acceptors (Lipinski definition) is 9. The van der Waals surface area contributed by atoms with E-state index in [0.717, 1.165) is 46.4 Å². The lowest BCUT2D eigenvalue weighted by Gasteiger charge is -2.35. The third-order valence-electron chi connectivity index (χ3n) is 9.52. The van der Waals surface area contributed by atoms with E-state index in [1.54, 1.807) is 17.3 Å². The summed E-state index contributed by atoms with van der Waals surface area (Å²) in [5, 5.41) is 3.36. The smallest absolute Gasteiger partial charge is 0.410 e. The number of ether oxygens (including phenoxy) is 3. The Bertz CT molecular complexity index is 2550. The molecule has 6 aromatic rings. The van der Waals surface area contributed by atoms with Gasteiger partial charge in [-0.05, 0) is 79.6 Å². The van der Waals surface area contributed by atoms with E-state index in [1.165, 1.54) is 0 Å². The van der Waals surface area contributed by atoms with Gasteiger partial charge in [0.2, 0.25) is 0 Å². The van der Waals surface area contributed by atoms with Crippen molar-refractivity contribution in [3.05, 3.63) is 126 Å². The highest BCUT2D eigenvalue weighted by atomic mass is 32.1. The van der Waals surface area contributed by atoms with Gasteiger partial charge in [-0.15, -0.1) is 0 Å². The Morgan fingerprint density at radius 3 is 1.84 bits per heavy atom. The number of morpholine rings is 2. The largest absolute Gasteiger partial charge is 0.444 e. The summed E-state index contributed by atoms with van der Waals surface area (Å²) in [5.74, 6) is 0. The van der Waals surface area contributed by atoms with Crippen molar-refractivity contribution in [2.45, 2.75) is 51.7 Å². The lowest BCUT2D eigenvalue weighted by Crippen LogP contribution is -2.44. The number of carbonyl (C=O) groups is 1. The normalized spacial score (nSPS) is 17.5. The third-order valence-corrected chi connectivity index (χ3v) is 10.2. The second kappa shape index (κ2) is 16.3. The number of benzene rings is 2. The van der Waals surface area contributed by atoms with Crippen LogP contribution in [0.4, 0.5) is 4.79 Å². The van der Waals surface area contributed by atoms with Crippen molar-refractivity contribution >= 4 is 52.6 Å². The topological polar surface area (TPSA) is 167 Å². The molecule has 2 fully saturated rings. The van der Waals surface area contributed by atoms with Crippen molar-refractivity contribution < 1.29 is 19.0 Å². The van der Waals surface area contributed by atoms with Gasteiger partial charge in [0.15, 0.2) is 9.54 Å². The highest BCUT2D eigenvalue weighted by Gasteiger charge is 2.30. The number of aromatic nitrogens is 6. The fourth-order valence-electron chi connectivity index (χ4n) is 6.94. The summed E-state index contributed by atoms with van der Waals surface area (Å²) in [6, 6.07) is 19.8. The van der Waals surface area contributed by atoms with Gasteiger partial charge in [0.05, 0.1) is 50.0 Å².